The fraction of sp³-hybridized carbons (Fsp3) is 0.600. The van der Waals surface area contributed by atoms with Gasteiger partial charge in [-0.05, 0) is 43.0 Å². The van der Waals surface area contributed by atoms with E-state index in [9.17, 15) is 13.2 Å². The van der Waals surface area contributed by atoms with Gasteiger partial charge in [-0.1, -0.05) is 31.9 Å². The molecule has 1 N–H and O–H groups in total. The lowest BCUT2D eigenvalue weighted by atomic mass is 9.98. The Labute approximate surface area is 112 Å². The van der Waals surface area contributed by atoms with Crippen LogP contribution < -0.4 is 5.32 Å². The number of hydrogen-bond donors (Lipinski definition) is 1. The monoisotopic (exact) mass is 271 g/mol. The summed E-state index contributed by atoms with van der Waals surface area (Å²) in [6, 6.07) is 5.73. The Morgan fingerprint density at radius 3 is 2.63 bits per heavy atom. The summed E-state index contributed by atoms with van der Waals surface area (Å²) < 4.78 is 38.2. The van der Waals surface area contributed by atoms with Gasteiger partial charge in [-0.2, -0.15) is 13.2 Å². The van der Waals surface area contributed by atoms with E-state index in [1.165, 1.54) is 25.0 Å². The van der Waals surface area contributed by atoms with Crippen LogP contribution in [0.1, 0.15) is 49.8 Å². The second-order valence-electron chi connectivity index (χ2n) is 5.25. The lowest BCUT2D eigenvalue weighted by molar-refractivity contribution is -0.137. The van der Waals surface area contributed by atoms with Gasteiger partial charge < -0.3 is 5.32 Å². The lowest BCUT2D eigenvalue weighted by Crippen LogP contribution is -2.21. The molecule has 1 saturated carbocycles. The molecule has 1 aromatic rings. The van der Waals surface area contributed by atoms with Crippen molar-refractivity contribution in [1.82, 2.24) is 5.32 Å². The molecule has 0 amide bonds. The van der Waals surface area contributed by atoms with Crippen molar-refractivity contribution in [3.63, 3.8) is 0 Å². The van der Waals surface area contributed by atoms with Gasteiger partial charge in [0.05, 0.1) is 5.56 Å². The molecular formula is C15H20F3N. The first-order chi connectivity index (χ1) is 9.00. The van der Waals surface area contributed by atoms with Crippen molar-refractivity contribution in [2.45, 2.75) is 44.8 Å². The van der Waals surface area contributed by atoms with E-state index >= 15 is 0 Å². The molecule has 1 unspecified atom stereocenters. The molecule has 1 aliphatic rings. The highest BCUT2D eigenvalue weighted by Gasteiger charge is 2.31. The summed E-state index contributed by atoms with van der Waals surface area (Å²) in [7, 11) is 0. The van der Waals surface area contributed by atoms with E-state index in [2.05, 4.69) is 5.32 Å². The molecule has 1 atom stereocenters. The maximum atomic E-state index is 12.7. The summed E-state index contributed by atoms with van der Waals surface area (Å²) in [5, 5.41) is 3.29. The minimum absolute atomic E-state index is 0.0351. The zero-order valence-electron chi connectivity index (χ0n) is 11.1. The van der Waals surface area contributed by atoms with Crippen molar-refractivity contribution in [2.75, 3.05) is 6.54 Å². The topological polar surface area (TPSA) is 12.0 Å². The van der Waals surface area contributed by atoms with Gasteiger partial charge in [0.15, 0.2) is 0 Å². The smallest absolute Gasteiger partial charge is 0.310 e. The molecule has 1 nitrogen and oxygen atoms in total. The first-order valence-electron chi connectivity index (χ1n) is 6.91. The maximum Gasteiger partial charge on any atom is 0.416 e. The van der Waals surface area contributed by atoms with Crippen molar-refractivity contribution in [3.05, 3.63) is 35.4 Å². The van der Waals surface area contributed by atoms with Gasteiger partial charge in [0, 0.05) is 6.04 Å². The van der Waals surface area contributed by atoms with Crippen LogP contribution in [0.25, 0.3) is 0 Å². The van der Waals surface area contributed by atoms with Crippen LogP contribution in [0.2, 0.25) is 0 Å². The van der Waals surface area contributed by atoms with Gasteiger partial charge in [0.25, 0.3) is 0 Å². The van der Waals surface area contributed by atoms with Crippen molar-refractivity contribution in [2.24, 2.45) is 5.92 Å². The van der Waals surface area contributed by atoms with Crippen LogP contribution >= 0.6 is 0 Å². The summed E-state index contributed by atoms with van der Waals surface area (Å²) >= 11 is 0. The van der Waals surface area contributed by atoms with Crippen molar-refractivity contribution in [1.29, 1.82) is 0 Å². The molecule has 106 valence electrons. The van der Waals surface area contributed by atoms with E-state index < -0.39 is 11.7 Å². The van der Waals surface area contributed by atoms with Crippen molar-refractivity contribution in [3.8, 4) is 0 Å². The molecule has 1 aromatic carbocycles. The third-order valence-corrected chi connectivity index (χ3v) is 3.63. The molecule has 0 saturated heterocycles. The van der Waals surface area contributed by atoms with Crippen LogP contribution in [0.4, 0.5) is 13.2 Å². The summed E-state index contributed by atoms with van der Waals surface area (Å²) in [4.78, 5) is 0. The molecule has 4 heteroatoms. The minimum atomic E-state index is -4.26. The predicted octanol–water partition coefficient (Wildman–Crippen LogP) is 4.55. The third-order valence-electron chi connectivity index (χ3n) is 3.63. The van der Waals surface area contributed by atoms with Crippen LogP contribution in [0.3, 0.4) is 0 Å². The van der Waals surface area contributed by atoms with E-state index in [1.54, 1.807) is 6.07 Å². The molecule has 1 aliphatic carbocycles. The number of rotatable bonds is 6. The van der Waals surface area contributed by atoms with Crippen LogP contribution in [0, 0.1) is 5.92 Å². The molecule has 2 rings (SSSR count). The minimum Gasteiger partial charge on any atom is -0.310 e. The highest BCUT2D eigenvalue weighted by atomic mass is 19.4. The van der Waals surface area contributed by atoms with E-state index in [0.29, 0.717) is 0 Å². The van der Waals surface area contributed by atoms with Gasteiger partial charge in [-0.15, -0.1) is 0 Å². The second-order valence-corrected chi connectivity index (χ2v) is 5.25. The normalized spacial score (nSPS) is 17.5. The number of benzene rings is 1. The van der Waals surface area contributed by atoms with E-state index in [1.807, 2.05) is 6.92 Å². The van der Waals surface area contributed by atoms with Crippen LogP contribution in [0.15, 0.2) is 24.3 Å². The first-order valence-corrected chi connectivity index (χ1v) is 6.91. The quantitative estimate of drug-likeness (QED) is 0.800. The molecule has 0 aromatic heterocycles. The molecule has 1 fully saturated rings. The summed E-state index contributed by atoms with van der Waals surface area (Å²) in [5.41, 5.74) is 0.191. The number of hydrogen-bond acceptors (Lipinski definition) is 1. The fourth-order valence-electron chi connectivity index (χ4n) is 2.37. The predicted molar refractivity (Wildman–Crippen MR) is 69.8 cm³/mol. The van der Waals surface area contributed by atoms with Gasteiger partial charge in [-0.3, -0.25) is 0 Å². The van der Waals surface area contributed by atoms with Crippen LogP contribution in [-0.2, 0) is 6.18 Å². The summed E-state index contributed by atoms with van der Waals surface area (Å²) in [5.74, 6) is 0.798. The van der Waals surface area contributed by atoms with Crippen LogP contribution in [0.5, 0.6) is 0 Å². The van der Waals surface area contributed by atoms with Gasteiger partial charge in [0.2, 0.25) is 0 Å². The lowest BCUT2D eigenvalue weighted by Gasteiger charge is -2.19. The Hall–Kier alpha value is -1.03. The molecule has 0 spiro atoms. The zero-order chi connectivity index (χ0) is 13.9. The SMILES string of the molecule is CCNC(CCC1CC1)c1cccc(C(F)(F)F)c1. The molecule has 0 heterocycles. The van der Waals surface area contributed by atoms with Crippen LogP contribution in [-0.4, -0.2) is 6.54 Å². The van der Waals surface area contributed by atoms with Gasteiger partial charge in [-0.25, -0.2) is 0 Å². The van der Waals surface area contributed by atoms with Crippen molar-refractivity contribution < 1.29 is 13.2 Å². The Balaban J connectivity index is 2.10. The average Bonchev–Trinajstić information content (AvgIpc) is 3.17. The Bertz CT molecular complexity index is 410. The third kappa shape index (κ3) is 4.23. The average molecular weight is 271 g/mol. The maximum absolute atomic E-state index is 12.7. The Kier molecular flexibility index (Phi) is 4.50. The van der Waals surface area contributed by atoms with E-state index in [0.717, 1.165) is 36.9 Å². The van der Waals surface area contributed by atoms with E-state index in [4.69, 9.17) is 0 Å². The van der Waals surface area contributed by atoms with E-state index in [-0.39, 0.29) is 6.04 Å². The number of halogens is 3. The molecular weight excluding hydrogens is 251 g/mol. The first kappa shape index (κ1) is 14.4. The highest BCUT2D eigenvalue weighted by molar-refractivity contribution is 5.28. The number of alkyl halides is 3. The van der Waals surface area contributed by atoms with Crippen molar-refractivity contribution >= 4 is 0 Å². The largest absolute Gasteiger partial charge is 0.416 e. The Morgan fingerprint density at radius 1 is 1.32 bits per heavy atom. The fourth-order valence-corrected chi connectivity index (χ4v) is 2.37. The molecule has 0 aliphatic heterocycles. The molecule has 19 heavy (non-hydrogen) atoms. The molecule has 0 radical (unpaired) electrons. The second kappa shape index (κ2) is 5.95. The van der Waals surface area contributed by atoms with Gasteiger partial charge >= 0.3 is 6.18 Å². The highest BCUT2D eigenvalue weighted by Crippen LogP contribution is 2.37. The summed E-state index contributed by atoms with van der Waals surface area (Å²) in [6.45, 7) is 2.75. The standard InChI is InChI=1S/C15H20F3N/c1-2-19-14(9-8-11-6-7-11)12-4-3-5-13(10-12)15(16,17)18/h3-5,10-11,14,19H,2,6-9H2,1H3. The van der Waals surface area contributed by atoms with Gasteiger partial charge in [0.1, 0.15) is 0 Å². The molecule has 0 bridgehead atoms. The number of nitrogens with one attached hydrogen (secondary N) is 1. The zero-order valence-corrected chi connectivity index (χ0v) is 11.1. The Morgan fingerprint density at radius 2 is 2.05 bits per heavy atom. The summed E-state index contributed by atoms with van der Waals surface area (Å²) in [6.07, 6.45) is 0.319.